The summed E-state index contributed by atoms with van der Waals surface area (Å²) >= 11 is 12.6. The summed E-state index contributed by atoms with van der Waals surface area (Å²) in [6.45, 7) is -0.722. The predicted molar refractivity (Wildman–Crippen MR) is 165 cm³/mol. The van der Waals surface area contributed by atoms with Crippen molar-refractivity contribution in [2.45, 2.75) is 57.2 Å². The van der Waals surface area contributed by atoms with Gasteiger partial charge < -0.3 is 10.2 Å². The van der Waals surface area contributed by atoms with E-state index in [9.17, 15) is 22.4 Å². The van der Waals surface area contributed by atoms with Gasteiger partial charge in [-0.15, -0.1) is 0 Å². The van der Waals surface area contributed by atoms with Gasteiger partial charge in [-0.1, -0.05) is 84.9 Å². The van der Waals surface area contributed by atoms with Gasteiger partial charge in [-0.25, -0.2) is 12.8 Å². The van der Waals surface area contributed by atoms with E-state index in [4.69, 9.17) is 23.2 Å². The Morgan fingerprint density at radius 2 is 1.69 bits per heavy atom. The van der Waals surface area contributed by atoms with Gasteiger partial charge in [0.1, 0.15) is 18.4 Å². The molecule has 0 spiro atoms. The second kappa shape index (κ2) is 14.4. The number of nitrogens with zero attached hydrogens (tertiary/aromatic N) is 2. The Hall–Kier alpha value is -3.14. The van der Waals surface area contributed by atoms with Crippen LogP contribution in [0.5, 0.6) is 0 Å². The van der Waals surface area contributed by atoms with Crippen LogP contribution in [0.15, 0.2) is 72.8 Å². The Bertz CT molecular complexity index is 1500. The Balaban J connectivity index is 1.74. The summed E-state index contributed by atoms with van der Waals surface area (Å²) in [5, 5.41) is 3.85. The van der Waals surface area contributed by atoms with Gasteiger partial charge in [-0.3, -0.25) is 13.9 Å². The normalized spacial score (nSPS) is 14.7. The number of anilines is 1. The molecule has 1 fully saturated rings. The van der Waals surface area contributed by atoms with Crippen LogP contribution < -0.4 is 9.62 Å². The summed E-state index contributed by atoms with van der Waals surface area (Å²) in [6, 6.07) is 18.2. The van der Waals surface area contributed by atoms with Gasteiger partial charge in [0.15, 0.2) is 0 Å². The molecule has 0 unspecified atom stereocenters. The average Bonchev–Trinajstić information content (AvgIpc) is 2.95. The summed E-state index contributed by atoms with van der Waals surface area (Å²) in [5.74, 6) is -1.62. The molecule has 3 aromatic rings. The van der Waals surface area contributed by atoms with Crippen LogP contribution in [0.4, 0.5) is 10.1 Å². The largest absolute Gasteiger partial charge is 0.352 e. The van der Waals surface area contributed by atoms with Crippen LogP contribution in [0.2, 0.25) is 10.0 Å². The molecule has 3 aromatic carbocycles. The lowest BCUT2D eigenvalue weighted by Crippen LogP contribution is -2.55. The molecule has 1 atom stereocenters. The summed E-state index contributed by atoms with van der Waals surface area (Å²) in [5.41, 5.74) is 1.36. The average molecular weight is 635 g/mol. The van der Waals surface area contributed by atoms with Crippen LogP contribution in [0.1, 0.15) is 43.2 Å². The van der Waals surface area contributed by atoms with E-state index in [1.165, 1.54) is 23.1 Å². The molecular formula is C31H34Cl2FN3O4S. The third-order valence-corrected chi connectivity index (χ3v) is 9.08. The molecule has 0 bridgehead atoms. The molecule has 1 N–H and O–H groups in total. The molecule has 1 aliphatic rings. The van der Waals surface area contributed by atoms with Crippen molar-refractivity contribution >= 4 is 50.7 Å². The van der Waals surface area contributed by atoms with Gasteiger partial charge in [0.25, 0.3) is 0 Å². The SMILES string of the molecule is CS(=O)(=O)N(CC(=O)N(Cc1ccc(Cl)cc1Cl)[C@@H](Cc1ccccc1)C(=O)NC1CCCCC1)c1cccc(F)c1. The zero-order valence-corrected chi connectivity index (χ0v) is 25.6. The predicted octanol–water partition coefficient (Wildman–Crippen LogP) is 5.99. The van der Waals surface area contributed by atoms with Crippen molar-refractivity contribution in [1.82, 2.24) is 10.2 Å². The van der Waals surface area contributed by atoms with Crippen molar-refractivity contribution in [2.24, 2.45) is 0 Å². The van der Waals surface area contributed by atoms with Crippen LogP contribution >= 0.6 is 23.2 Å². The van der Waals surface area contributed by atoms with Crippen molar-refractivity contribution < 1.29 is 22.4 Å². The van der Waals surface area contributed by atoms with Crippen LogP contribution in [-0.2, 0) is 32.6 Å². The third-order valence-electron chi connectivity index (χ3n) is 7.35. The highest BCUT2D eigenvalue weighted by molar-refractivity contribution is 7.92. The maximum atomic E-state index is 14.1. The molecule has 0 saturated heterocycles. The van der Waals surface area contributed by atoms with Gasteiger partial charge in [-0.05, 0) is 54.3 Å². The topological polar surface area (TPSA) is 86.8 Å². The van der Waals surface area contributed by atoms with Crippen LogP contribution in [0.25, 0.3) is 0 Å². The molecule has 0 aromatic heterocycles. The number of hydrogen-bond donors (Lipinski definition) is 1. The molecule has 11 heteroatoms. The minimum Gasteiger partial charge on any atom is -0.352 e. The quantitative estimate of drug-likeness (QED) is 0.281. The summed E-state index contributed by atoms with van der Waals surface area (Å²) in [7, 11) is -4.00. The summed E-state index contributed by atoms with van der Waals surface area (Å²) in [6.07, 6.45) is 5.96. The lowest BCUT2D eigenvalue weighted by molar-refractivity contribution is -0.140. The maximum Gasteiger partial charge on any atom is 0.244 e. The molecule has 42 heavy (non-hydrogen) atoms. The van der Waals surface area contributed by atoms with E-state index < -0.39 is 34.3 Å². The first kappa shape index (κ1) is 31.8. The highest BCUT2D eigenvalue weighted by atomic mass is 35.5. The van der Waals surface area contributed by atoms with Crippen LogP contribution in [0, 0.1) is 5.82 Å². The van der Waals surface area contributed by atoms with Crippen molar-refractivity contribution in [1.29, 1.82) is 0 Å². The molecule has 224 valence electrons. The van der Waals surface area contributed by atoms with Crippen molar-refractivity contribution in [2.75, 3.05) is 17.1 Å². The lowest BCUT2D eigenvalue weighted by Gasteiger charge is -2.35. The first-order valence-corrected chi connectivity index (χ1v) is 16.4. The zero-order valence-electron chi connectivity index (χ0n) is 23.3. The number of hydrogen-bond acceptors (Lipinski definition) is 4. The van der Waals surface area contributed by atoms with Gasteiger partial charge in [0, 0.05) is 29.1 Å². The van der Waals surface area contributed by atoms with Gasteiger partial charge >= 0.3 is 0 Å². The maximum absolute atomic E-state index is 14.1. The third kappa shape index (κ3) is 8.69. The molecule has 0 heterocycles. The van der Waals surface area contributed by atoms with Gasteiger partial charge in [-0.2, -0.15) is 0 Å². The summed E-state index contributed by atoms with van der Waals surface area (Å²) in [4.78, 5) is 29.5. The zero-order chi connectivity index (χ0) is 30.3. The van der Waals surface area contributed by atoms with E-state index in [1.807, 2.05) is 30.3 Å². The van der Waals surface area contributed by atoms with E-state index in [2.05, 4.69) is 5.32 Å². The second-order valence-electron chi connectivity index (χ2n) is 10.6. The Morgan fingerprint density at radius 1 is 0.976 bits per heavy atom. The minimum atomic E-state index is -4.00. The molecule has 0 radical (unpaired) electrons. The van der Waals surface area contributed by atoms with E-state index in [1.54, 1.807) is 18.2 Å². The van der Waals surface area contributed by atoms with Gasteiger partial charge in [0.05, 0.1) is 11.9 Å². The Kier molecular flexibility index (Phi) is 10.9. The molecule has 1 aliphatic carbocycles. The van der Waals surface area contributed by atoms with E-state index >= 15 is 0 Å². The monoisotopic (exact) mass is 633 g/mol. The molecule has 1 saturated carbocycles. The smallest absolute Gasteiger partial charge is 0.244 e. The number of benzene rings is 3. The van der Waals surface area contributed by atoms with Crippen LogP contribution in [-0.4, -0.2) is 50.0 Å². The Morgan fingerprint density at radius 3 is 2.33 bits per heavy atom. The summed E-state index contributed by atoms with van der Waals surface area (Å²) < 4.78 is 40.6. The van der Waals surface area contributed by atoms with E-state index in [0.717, 1.165) is 54.3 Å². The van der Waals surface area contributed by atoms with Crippen molar-refractivity contribution in [3.63, 3.8) is 0 Å². The number of amides is 2. The molecular weight excluding hydrogens is 600 g/mol. The molecule has 2 amide bonds. The van der Waals surface area contributed by atoms with E-state index in [-0.39, 0.29) is 30.6 Å². The molecule has 7 nitrogen and oxygen atoms in total. The Labute approximate surface area is 256 Å². The first-order valence-electron chi connectivity index (χ1n) is 13.8. The number of halogens is 3. The van der Waals surface area contributed by atoms with Crippen LogP contribution in [0.3, 0.4) is 0 Å². The number of rotatable bonds is 11. The fourth-order valence-corrected chi connectivity index (χ4v) is 6.49. The standard InChI is InChI=1S/C31H34Cl2FN3O4S/c1-42(40,41)37(27-14-8-11-25(34)19-27)21-30(38)36(20-23-15-16-24(32)18-28(23)33)29(17-22-9-4-2-5-10-22)31(39)35-26-12-6-3-7-13-26/h2,4-5,8-11,14-16,18-19,26,29H,3,6-7,12-13,17,20-21H2,1H3,(H,35,39)/t29-/m0/s1. The second-order valence-corrected chi connectivity index (χ2v) is 13.3. The minimum absolute atomic E-state index is 0.00147. The number of nitrogens with one attached hydrogen (secondary N) is 1. The highest BCUT2D eigenvalue weighted by Crippen LogP contribution is 2.26. The molecule has 4 rings (SSSR count). The molecule has 0 aliphatic heterocycles. The first-order chi connectivity index (χ1) is 20.0. The van der Waals surface area contributed by atoms with E-state index in [0.29, 0.717) is 15.6 Å². The fraction of sp³-hybridized carbons (Fsp3) is 0.355. The number of sulfonamides is 1. The number of carbonyl (C=O) groups excluding carboxylic acids is 2. The number of carbonyl (C=O) groups is 2. The highest BCUT2D eigenvalue weighted by Gasteiger charge is 2.34. The van der Waals surface area contributed by atoms with Crippen molar-refractivity contribution in [3.8, 4) is 0 Å². The lowest BCUT2D eigenvalue weighted by atomic mass is 9.94. The fourth-order valence-electron chi connectivity index (χ4n) is 5.18. The van der Waals surface area contributed by atoms with Gasteiger partial charge in [0.2, 0.25) is 21.8 Å². The van der Waals surface area contributed by atoms with Crippen molar-refractivity contribution in [3.05, 3.63) is 99.8 Å².